The van der Waals surface area contributed by atoms with Gasteiger partial charge in [-0.25, -0.2) is 0 Å². The molecule has 2 rings (SSSR count). The van der Waals surface area contributed by atoms with Crippen molar-refractivity contribution in [1.82, 2.24) is 4.90 Å². The van der Waals surface area contributed by atoms with Gasteiger partial charge >= 0.3 is 0 Å². The van der Waals surface area contributed by atoms with Crippen molar-refractivity contribution in [2.75, 3.05) is 26.2 Å². The van der Waals surface area contributed by atoms with Crippen LogP contribution in [0.5, 0.6) is 0 Å². The highest BCUT2D eigenvalue weighted by Gasteiger charge is 2.25. The fourth-order valence-corrected chi connectivity index (χ4v) is 2.70. The molecule has 5 heteroatoms. The lowest BCUT2D eigenvalue weighted by Gasteiger charge is -2.31. The molecule has 0 spiro atoms. The number of nitrogens with zero attached hydrogens (tertiary/aromatic N) is 1. The molecular formula is C17H23Cl2NO2. The smallest absolute Gasteiger partial charge is 0.192 e. The lowest BCUT2D eigenvalue weighted by atomic mass is 10.0. The molecule has 122 valence electrons. The number of alkyl halides is 1. The number of ether oxygens (including phenoxy) is 1. The van der Waals surface area contributed by atoms with E-state index in [0.29, 0.717) is 18.7 Å². The zero-order valence-electron chi connectivity index (χ0n) is 12.6. The number of halogens is 2. The number of benzene rings is 1. The van der Waals surface area contributed by atoms with E-state index in [4.69, 9.17) is 16.3 Å². The van der Waals surface area contributed by atoms with E-state index in [1.807, 2.05) is 30.3 Å². The molecule has 1 aliphatic rings. The first-order chi connectivity index (χ1) is 10.2. The zero-order chi connectivity index (χ0) is 15.1. The summed E-state index contributed by atoms with van der Waals surface area (Å²) in [5.74, 6) is 0.0328. The van der Waals surface area contributed by atoms with Gasteiger partial charge in [-0.05, 0) is 25.9 Å². The first-order valence-electron chi connectivity index (χ1n) is 7.39. The van der Waals surface area contributed by atoms with Crippen LogP contribution in [0.1, 0.15) is 23.2 Å². The van der Waals surface area contributed by atoms with Gasteiger partial charge in [0.15, 0.2) is 5.78 Å². The number of likely N-dealkylation sites (tertiary alicyclic amines) is 1. The Morgan fingerprint density at radius 1 is 1.36 bits per heavy atom. The number of Topliss-reactive ketones (excluding diaryl/α,β-unsaturated/α-hetero) is 1. The summed E-state index contributed by atoms with van der Waals surface area (Å²) >= 11 is 6.12. The second-order valence-electron chi connectivity index (χ2n) is 5.32. The molecule has 1 aromatic carbocycles. The highest BCUT2D eigenvalue weighted by atomic mass is 35.5. The molecular weight excluding hydrogens is 321 g/mol. The second kappa shape index (κ2) is 10.0. The third kappa shape index (κ3) is 5.73. The first-order valence-corrected chi connectivity index (χ1v) is 7.82. The molecule has 1 saturated heterocycles. The van der Waals surface area contributed by atoms with Crippen LogP contribution in [0.4, 0.5) is 0 Å². The van der Waals surface area contributed by atoms with Crippen LogP contribution in [0.15, 0.2) is 43.0 Å². The number of hydrogen-bond acceptors (Lipinski definition) is 3. The maximum absolute atomic E-state index is 12.6. The van der Waals surface area contributed by atoms with Crippen LogP contribution in [-0.2, 0) is 4.74 Å². The van der Waals surface area contributed by atoms with Gasteiger partial charge in [0.2, 0.25) is 0 Å². The Morgan fingerprint density at radius 3 is 2.59 bits per heavy atom. The molecule has 0 N–H and O–H groups in total. The highest BCUT2D eigenvalue weighted by molar-refractivity contribution is 6.20. The minimum absolute atomic E-state index is 0. The van der Waals surface area contributed by atoms with Crippen molar-refractivity contribution in [1.29, 1.82) is 0 Å². The van der Waals surface area contributed by atoms with E-state index in [9.17, 15) is 4.79 Å². The normalized spacial score (nSPS) is 17.5. The number of piperidine rings is 1. The van der Waals surface area contributed by atoms with Gasteiger partial charge in [-0.2, -0.15) is 0 Å². The van der Waals surface area contributed by atoms with Crippen LogP contribution in [-0.4, -0.2) is 48.4 Å². The minimum Gasteiger partial charge on any atom is -0.365 e. The predicted molar refractivity (Wildman–Crippen MR) is 93.3 cm³/mol. The Balaban J connectivity index is 0.00000242. The van der Waals surface area contributed by atoms with Crippen molar-refractivity contribution in [2.24, 2.45) is 0 Å². The van der Waals surface area contributed by atoms with E-state index in [0.717, 1.165) is 25.9 Å². The molecule has 1 heterocycles. The van der Waals surface area contributed by atoms with Crippen molar-refractivity contribution >= 4 is 29.8 Å². The molecule has 0 aromatic heterocycles. The van der Waals surface area contributed by atoms with Crippen LogP contribution in [0, 0.1) is 0 Å². The van der Waals surface area contributed by atoms with E-state index in [2.05, 4.69) is 11.5 Å². The van der Waals surface area contributed by atoms with Crippen LogP contribution in [0.2, 0.25) is 0 Å². The predicted octanol–water partition coefficient (Wildman–Crippen LogP) is 3.57. The molecule has 0 saturated carbocycles. The van der Waals surface area contributed by atoms with E-state index in [1.165, 1.54) is 0 Å². The first kappa shape index (κ1) is 19.2. The van der Waals surface area contributed by atoms with Crippen LogP contribution in [0.3, 0.4) is 0 Å². The molecule has 1 aliphatic heterocycles. The van der Waals surface area contributed by atoms with E-state index >= 15 is 0 Å². The second-order valence-corrected chi connectivity index (χ2v) is 5.93. The van der Waals surface area contributed by atoms with Gasteiger partial charge in [-0.15, -0.1) is 30.6 Å². The fraction of sp³-hybridized carbons (Fsp3) is 0.471. The van der Waals surface area contributed by atoms with Gasteiger partial charge in [-0.1, -0.05) is 36.4 Å². The molecule has 3 nitrogen and oxygen atoms in total. The molecule has 1 aromatic rings. The van der Waals surface area contributed by atoms with Crippen LogP contribution in [0.25, 0.3) is 0 Å². The molecule has 1 unspecified atom stereocenters. The van der Waals surface area contributed by atoms with Crippen LogP contribution >= 0.6 is 24.0 Å². The topological polar surface area (TPSA) is 29.5 Å². The summed E-state index contributed by atoms with van der Waals surface area (Å²) in [6.45, 7) is 6.50. The van der Waals surface area contributed by atoms with Gasteiger partial charge in [0, 0.05) is 17.5 Å². The summed E-state index contributed by atoms with van der Waals surface area (Å²) in [5, 5.41) is 0.263. The van der Waals surface area contributed by atoms with Gasteiger partial charge in [-0.3, -0.25) is 4.79 Å². The minimum atomic E-state index is -0.447. The average Bonchev–Trinajstić information content (AvgIpc) is 2.53. The fourth-order valence-electron chi connectivity index (χ4n) is 2.50. The van der Waals surface area contributed by atoms with Crippen molar-refractivity contribution in [3.8, 4) is 0 Å². The molecule has 0 bridgehead atoms. The Morgan fingerprint density at radius 2 is 2.00 bits per heavy atom. The third-order valence-electron chi connectivity index (χ3n) is 3.71. The number of carbonyl (C=O) groups excluding carboxylic acids is 1. The summed E-state index contributed by atoms with van der Waals surface area (Å²) in [5.41, 5.74) is 0.693. The Labute approximate surface area is 143 Å². The zero-order valence-corrected chi connectivity index (χ0v) is 14.2. The van der Waals surface area contributed by atoms with E-state index in [-0.39, 0.29) is 23.6 Å². The summed E-state index contributed by atoms with van der Waals surface area (Å²) < 4.78 is 5.69. The Kier molecular flexibility index (Phi) is 8.72. The largest absolute Gasteiger partial charge is 0.365 e. The summed E-state index contributed by atoms with van der Waals surface area (Å²) in [7, 11) is 0. The number of rotatable bonds is 7. The van der Waals surface area contributed by atoms with Gasteiger partial charge in [0.25, 0.3) is 0 Å². The van der Waals surface area contributed by atoms with Crippen molar-refractivity contribution in [2.45, 2.75) is 24.3 Å². The third-order valence-corrected chi connectivity index (χ3v) is 4.14. The quantitative estimate of drug-likeness (QED) is 0.430. The monoisotopic (exact) mass is 343 g/mol. The van der Waals surface area contributed by atoms with E-state index < -0.39 is 6.10 Å². The lowest BCUT2D eigenvalue weighted by Crippen LogP contribution is -2.43. The van der Waals surface area contributed by atoms with Gasteiger partial charge < -0.3 is 9.64 Å². The standard InChI is InChI=1S/C17H22ClNO2.ClH/c1-2-12-21-16(13-19-10-8-15(18)9-11-19)17(20)14-6-4-3-5-7-14;/h2-7,15-16H,1,8-13H2;1H. The van der Waals surface area contributed by atoms with Crippen molar-refractivity contribution < 1.29 is 9.53 Å². The van der Waals surface area contributed by atoms with Gasteiger partial charge in [0.1, 0.15) is 6.10 Å². The molecule has 1 atom stereocenters. The number of hydrogen-bond donors (Lipinski definition) is 0. The Hall–Kier alpha value is -0.870. The molecule has 1 fully saturated rings. The molecule has 0 radical (unpaired) electrons. The lowest BCUT2D eigenvalue weighted by molar-refractivity contribution is 0.0325. The van der Waals surface area contributed by atoms with E-state index in [1.54, 1.807) is 6.08 Å². The number of carbonyl (C=O) groups is 1. The summed E-state index contributed by atoms with van der Waals surface area (Å²) in [4.78, 5) is 14.8. The Bertz CT molecular complexity index is 459. The van der Waals surface area contributed by atoms with Crippen molar-refractivity contribution in [3.05, 3.63) is 48.6 Å². The molecule has 0 aliphatic carbocycles. The van der Waals surface area contributed by atoms with Crippen LogP contribution < -0.4 is 0 Å². The highest BCUT2D eigenvalue weighted by Crippen LogP contribution is 2.17. The summed E-state index contributed by atoms with van der Waals surface area (Å²) in [6, 6.07) is 9.31. The summed E-state index contributed by atoms with van der Waals surface area (Å²) in [6.07, 6.45) is 3.16. The SMILES string of the molecule is C=CCOC(CN1CCC(Cl)CC1)C(=O)c1ccccc1.Cl. The average molecular weight is 344 g/mol. The molecule has 22 heavy (non-hydrogen) atoms. The molecule has 0 amide bonds. The van der Waals surface area contributed by atoms with Gasteiger partial charge in [0.05, 0.1) is 6.61 Å². The maximum Gasteiger partial charge on any atom is 0.192 e. The maximum atomic E-state index is 12.6. The van der Waals surface area contributed by atoms with Crippen molar-refractivity contribution in [3.63, 3.8) is 0 Å². The number of ketones is 1.